The number of benzene rings is 2. The van der Waals surface area contributed by atoms with Crippen molar-refractivity contribution < 1.29 is 9.84 Å². The van der Waals surface area contributed by atoms with E-state index in [1.807, 2.05) is 60.7 Å². The van der Waals surface area contributed by atoms with Gasteiger partial charge >= 0.3 is 0 Å². The quantitative estimate of drug-likeness (QED) is 0.853. The highest BCUT2D eigenvalue weighted by atomic mass is 16.6. The van der Waals surface area contributed by atoms with E-state index < -0.39 is 5.60 Å². The Morgan fingerprint density at radius 3 is 2.06 bits per heavy atom. The van der Waals surface area contributed by atoms with Crippen LogP contribution in [0.3, 0.4) is 0 Å². The average molecular weight is 226 g/mol. The molecule has 1 N–H and O–H groups in total. The van der Waals surface area contributed by atoms with Crippen molar-refractivity contribution >= 4 is 0 Å². The Hall–Kier alpha value is -1.64. The minimum Gasteiger partial charge on any atom is -0.380 e. The molecule has 2 unspecified atom stereocenters. The fraction of sp³-hybridized carbons (Fsp3) is 0.200. The molecule has 1 saturated heterocycles. The second-order valence-corrected chi connectivity index (χ2v) is 4.39. The van der Waals surface area contributed by atoms with Crippen LogP contribution in [0.25, 0.3) is 0 Å². The Labute approximate surface area is 100 Å². The van der Waals surface area contributed by atoms with Gasteiger partial charge in [-0.1, -0.05) is 60.7 Å². The smallest absolute Gasteiger partial charge is 0.143 e. The molecular formula is C15H14O2. The molecule has 1 fully saturated rings. The predicted octanol–water partition coefficient (Wildman–Crippen LogP) is 2.65. The van der Waals surface area contributed by atoms with Gasteiger partial charge in [-0.25, -0.2) is 0 Å². The van der Waals surface area contributed by atoms with Crippen LogP contribution in [0.15, 0.2) is 60.7 Å². The molecule has 2 aromatic rings. The molecule has 1 aliphatic rings. The van der Waals surface area contributed by atoms with E-state index in [0.29, 0.717) is 6.61 Å². The Morgan fingerprint density at radius 2 is 1.53 bits per heavy atom. The molecule has 2 atom stereocenters. The molecule has 17 heavy (non-hydrogen) atoms. The SMILES string of the molecule is OC1(c2ccccc2)COC1c1ccccc1. The van der Waals surface area contributed by atoms with Crippen LogP contribution in [-0.4, -0.2) is 11.7 Å². The van der Waals surface area contributed by atoms with Crippen LogP contribution in [0.2, 0.25) is 0 Å². The predicted molar refractivity (Wildman–Crippen MR) is 65.5 cm³/mol. The van der Waals surface area contributed by atoms with Crippen molar-refractivity contribution in [2.75, 3.05) is 6.61 Å². The highest BCUT2D eigenvalue weighted by molar-refractivity contribution is 5.32. The zero-order chi connectivity index (χ0) is 11.7. The van der Waals surface area contributed by atoms with Gasteiger partial charge in [-0.3, -0.25) is 0 Å². The molecule has 86 valence electrons. The maximum Gasteiger partial charge on any atom is 0.143 e. The molecule has 0 radical (unpaired) electrons. The summed E-state index contributed by atoms with van der Waals surface area (Å²) in [5, 5.41) is 10.7. The van der Waals surface area contributed by atoms with Crippen molar-refractivity contribution in [3.05, 3.63) is 71.8 Å². The Morgan fingerprint density at radius 1 is 0.941 bits per heavy atom. The largest absolute Gasteiger partial charge is 0.380 e. The summed E-state index contributed by atoms with van der Waals surface area (Å²) in [4.78, 5) is 0. The van der Waals surface area contributed by atoms with Gasteiger partial charge in [0.1, 0.15) is 11.7 Å². The fourth-order valence-corrected chi connectivity index (χ4v) is 2.29. The third-order valence-corrected chi connectivity index (χ3v) is 3.28. The molecule has 2 heteroatoms. The second kappa shape index (κ2) is 3.99. The van der Waals surface area contributed by atoms with E-state index in [1.54, 1.807) is 0 Å². The number of aliphatic hydroxyl groups is 1. The van der Waals surface area contributed by atoms with Crippen molar-refractivity contribution in [2.24, 2.45) is 0 Å². The molecule has 1 heterocycles. The van der Waals surface area contributed by atoms with Gasteiger partial charge < -0.3 is 9.84 Å². The summed E-state index contributed by atoms with van der Waals surface area (Å²) in [5.74, 6) is 0. The summed E-state index contributed by atoms with van der Waals surface area (Å²) in [6, 6.07) is 19.6. The number of hydrogen-bond acceptors (Lipinski definition) is 2. The first kappa shape index (κ1) is 10.5. The lowest BCUT2D eigenvalue weighted by Gasteiger charge is -2.45. The highest BCUT2D eigenvalue weighted by Crippen LogP contribution is 2.46. The molecule has 0 saturated carbocycles. The van der Waals surface area contributed by atoms with Gasteiger partial charge in [-0.2, -0.15) is 0 Å². The average Bonchev–Trinajstić information content (AvgIpc) is 2.39. The molecular weight excluding hydrogens is 212 g/mol. The Bertz CT molecular complexity index is 495. The summed E-state index contributed by atoms with van der Waals surface area (Å²) in [6.45, 7) is 0.358. The first-order valence-electron chi connectivity index (χ1n) is 5.75. The molecule has 2 aromatic carbocycles. The Kier molecular flexibility index (Phi) is 2.46. The van der Waals surface area contributed by atoms with Crippen LogP contribution >= 0.6 is 0 Å². The van der Waals surface area contributed by atoms with Crippen LogP contribution in [-0.2, 0) is 10.3 Å². The van der Waals surface area contributed by atoms with Gasteiger partial charge in [0.2, 0.25) is 0 Å². The lowest BCUT2D eigenvalue weighted by molar-refractivity contribution is -0.249. The summed E-state index contributed by atoms with van der Waals surface area (Å²) >= 11 is 0. The van der Waals surface area contributed by atoms with Crippen LogP contribution in [0.4, 0.5) is 0 Å². The minimum atomic E-state index is -0.886. The lowest BCUT2D eigenvalue weighted by Crippen LogP contribution is -2.49. The van der Waals surface area contributed by atoms with E-state index in [2.05, 4.69) is 0 Å². The summed E-state index contributed by atoms with van der Waals surface area (Å²) in [6.07, 6.45) is -0.258. The molecule has 0 spiro atoms. The maximum atomic E-state index is 10.7. The molecule has 3 rings (SSSR count). The van der Waals surface area contributed by atoms with Gasteiger partial charge in [0.05, 0.1) is 6.61 Å². The van der Waals surface area contributed by atoms with Crippen LogP contribution < -0.4 is 0 Å². The normalized spacial score (nSPS) is 27.5. The topological polar surface area (TPSA) is 29.5 Å². The number of hydrogen-bond donors (Lipinski definition) is 1. The van der Waals surface area contributed by atoms with Gasteiger partial charge in [-0.15, -0.1) is 0 Å². The molecule has 0 aromatic heterocycles. The summed E-state index contributed by atoms with van der Waals surface area (Å²) in [7, 11) is 0. The third-order valence-electron chi connectivity index (χ3n) is 3.28. The van der Waals surface area contributed by atoms with Crippen molar-refractivity contribution in [1.82, 2.24) is 0 Å². The fourth-order valence-electron chi connectivity index (χ4n) is 2.29. The van der Waals surface area contributed by atoms with Crippen LogP contribution in [0.5, 0.6) is 0 Å². The first-order valence-corrected chi connectivity index (χ1v) is 5.75. The third kappa shape index (κ3) is 1.66. The summed E-state index contributed by atoms with van der Waals surface area (Å²) in [5.41, 5.74) is 1.05. The van der Waals surface area contributed by atoms with E-state index in [0.717, 1.165) is 11.1 Å². The van der Waals surface area contributed by atoms with E-state index >= 15 is 0 Å². The molecule has 1 aliphatic heterocycles. The molecule has 0 aliphatic carbocycles. The monoisotopic (exact) mass is 226 g/mol. The van der Waals surface area contributed by atoms with Gasteiger partial charge in [0, 0.05) is 0 Å². The van der Waals surface area contributed by atoms with Crippen molar-refractivity contribution in [3.63, 3.8) is 0 Å². The zero-order valence-electron chi connectivity index (χ0n) is 9.41. The summed E-state index contributed by atoms with van der Waals surface area (Å²) < 4.78 is 5.54. The van der Waals surface area contributed by atoms with Crippen molar-refractivity contribution in [3.8, 4) is 0 Å². The lowest BCUT2D eigenvalue weighted by atomic mass is 9.81. The van der Waals surface area contributed by atoms with E-state index in [4.69, 9.17) is 4.74 Å². The minimum absolute atomic E-state index is 0.258. The van der Waals surface area contributed by atoms with Gasteiger partial charge in [0.25, 0.3) is 0 Å². The molecule has 0 amide bonds. The molecule has 2 nitrogen and oxygen atoms in total. The Balaban J connectivity index is 1.95. The van der Waals surface area contributed by atoms with Crippen LogP contribution in [0.1, 0.15) is 17.2 Å². The number of rotatable bonds is 2. The first-order chi connectivity index (χ1) is 8.31. The van der Waals surface area contributed by atoms with Crippen molar-refractivity contribution in [2.45, 2.75) is 11.7 Å². The zero-order valence-corrected chi connectivity index (χ0v) is 9.41. The number of ether oxygens (including phenoxy) is 1. The standard InChI is InChI=1S/C15H14O2/c16-15(13-9-5-2-6-10-13)11-17-14(15)12-7-3-1-4-8-12/h1-10,14,16H,11H2. The van der Waals surface area contributed by atoms with Crippen LogP contribution in [0, 0.1) is 0 Å². The second-order valence-electron chi connectivity index (χ2n) is 4.39. The highest BCUT2D eigenvalue weighted by Gasteiger charge is 2.49. The van der Waals surface area contributed by atoms with Crippen molar-refractivity contribution in [1.29, 1.82) is 0 Å². The van der Waals surface area contributed by atoms with E-state index in [1.165, 1.54) is 0 Å². The van der Waals surface area contributed by atoms with E-state index in [9.17, 15) is 5.11 Å². The van der Waals surface area contributed by atoms with Gasteiger partial charge in [0.15, 0.2) is 0 Å². The van der Waals surface area contributed by atoms with Gasteiger partial charge in [-0.05, 0) is 11.1 Å². The molecule has 0 bridgehead atoms. The van der Waals surface area contributed by atoms with E-state index in [-0.39, 0.29) is 6.10 Å². The maximum absolute atomic E-state index is 10.7.